The molecule has 0 aliphatic heterocycles. The topological polar surface area (TPSA) is 82.2 Å². The summed E-state index contributed by atoms with van der Waals surface area (Å²) in [6, 6.07) is 0. The first-order valence-corrected chi connectivity index (χ1v) is 6.86. The van der Waals surface area contributed by atoms with E-state index in [-0.39, 0.29) is 11.6 Å². The molecule has 108 valence electrons. The lowest BCUT2D eigenvalue weighted by atomic mass is 9.94. The molecule has 1 aromatic heterocycles. The number of carboxylic acid groups (broad SMARTS) is 1. The Labute approximate surface area is 118 Å². The molecule has 1 aromatic rings. The number of carbonyl (C=O) groups excluding carboxylic acids is 1. The van der Waals surface area contributed by atoms with Crippen LogP contribution in [-0.4, -0.2) is 28.5 Å². The Kier molecular flexibility index (Phi) is 4.27. The third-order valence-corrected chi connectivity index (χ3v) is 3.81. The summed E-state index contributed by atoms with van der Waals surface area (Å²) in [4.78, 5) is 26.0. The van der Waals surface area contributed by atoms with Gasteiger partial charge in [-0.05, 0) is 44.6 Å². The summed E-state index contributed by atoms with van der Waals surface area (Å²) >= 11 is 0. The summed E-state index contributed by atoms with van der Waals surface area (Å²) in [6.07, 6.45) is 7.45. The minimum Gasteiger partial charge on any atom is -0.477 e. The number of rotatable bonds is 4. The van der Waals surface area contributed by atoms with Gasteiger partial charge in [-0.15, -0.1) is 0 Å². The number of hydrogen-bond donors (Lipinski definition) is 3. The Morgan fingerprint density at radius 2 is 2.15 bits per heavy atom. The fourth-order valence-electron chi connectivity index (χ4n) is 2.67. The molecule has 20 heavy (non-hydrogen) atoms. The smallest absolute Gasteiger partial charge is 0.352 e. The van der Waals surface area contributed by atoms with Crippen LogP contribution in [0, 0.1) is 19.8 Å². The molecule has 0 spiro atoms. The van der Waals surface area contributed by atoms with E-state index < -0.39 is 5.97 Å². The van der Waals surface area contributed by atoms with E-state index in [4.69, 9.17) is 5.11 Å². The van der Waals surface area contributed by atoms with Gasteiger partial charge in [-0.2, -0.15) is 0 Å². The van der Waals surface area contributed by atoms with E-state index in [2.05, 4.69) is 22.5 Å². The predicted molar refractivity (Wildman–Crippen MR) is 76.0 cm³/mol. The highest BCUT2D eigenvalue weighted by molar-refractivity contribution is 6.00. The van der Waals surface area contributed by atoms with Gasteiger partial charge in [0.1, 0.15) is 5.69 Å². The molecule has 1 atom stereocenters. The highest BCUT2D eigenvalue weighted by Crippen LogP contribution is 2.19. The number of H-pyrrole nitrogens is 1. The van der Waals surface area contributed by atoms with Gasteiger partial charge in [0.25, 0.3) is 5.91 Å². The van der Waals surface area contributed by atoms with Crippen molar-refractivity contribution in [2.45, 2.75) is 33.1 Å². The van der Waals surface area contributed by atoms with Crippen molar-refractivity contribution in [3.05, 3.63) is 34.7 Å². The lowest BCUT2D eigenvalue weighted by molar-refractivity contribution is 0.0690. The molecule has 0 aromatic carbocycles. The zero-order chi connectivity index (χ0) is 14.7. The zero-order valence-electron chi connectivity index (χ0n) is 11.8. The number of aromatic nitrogens is 1. The van der Waals surface area contributed by atoms with Crippen molar-refractivity contribution >= 4 is 11.9 Å². The molecule has 0 fully saturated rings. The van der Waals surface area contributed by atoms with Crippen LogP contribution in [0.5, 0.6) is 0 Å². The van der Waals surface area contributed by atoms with Gasteiger partial charge in [-0.25, -0.2) is 4.79 Å². The number of amides is 1. The van der Waals surface area contributed by atoms with Crippen molar-refractivity contribution in [3.8, 4) is 0 Å². The second-order valence-electron chi connectivity index (χ2n) is 5.29. The Balaban J connectivity index is 2.05. The first-order valence-electron chi connectivity index (χ1n) is 6.86. The van der Waals surface area contributed by atoms with Crippen LogP contribution >= 0.6 is 0 Å². The fourth-order valence-corrected chi connectivity index (χ4v) is 2.67. The minimum absolute atomic E-state index is 0.0910. The Bertz CT molecular complexity index is 558. The molecule has 5 nitrogen and oxygen atoms in total. The van der Waals surface area contributed by atoms with Gasteiger partial charge in [0.05, 0.1) is 5.56 Å². The number of hydrogen-bond acceptors (Lipinski definition) is 2. The average molecular weight is 276 g/mol. The number of aromatic amines is 1. The molecule has 5 heteroatoms. The van der Waals surface area contributed by atoms with Crippen LogP contribution in [0.25, 0.3) is 0 Å². The largest absolute Gasteiger partial charge is 0.477 e. The van der Waals surface area contributed by atoms with Crippen molar-refractivity contribution < 1.29 is 14.7 Å². The lowest BCUT2D eigenvalue weighted by Gasteiger charge is -2.18. The number of allylic oxidation sites excluding steroid dienone is 2. The standard InChI is InChI=1S/C15H20N2O3/c1-9-12(10(2)17-13(9)15(19)20)14(18)16-8-11-6-4-3-5-7-11/h3-4,11,17H,5-8H2,1-2H3,(H,16,18)(H,19,20). The summed E-state index contributed by atoms with van der Waals surface area (Å²) in [5.74, 6) is -0.761. The van der Waals surface area contributed by atoms with E-state index in [9.17, 15) is 9.59 Å². The van der Waals surface area contributed by atoms with Crippen LogP contribution in [-0.2, 0) is 0 Å². The van der Waals surface area contributed by atoms with Crippen LogP contribution < -0.4 is 5.32 Å². The Hall–Kier alpha value is -2.04. The van der Waals surface area contributed by atoms with Crippen LogP contribution in [0.2, 0.25) is 0 Å². The van der Waals surface area contributed by atoms with E-state index in [1.165, 1.54) is 0 Å². The van der Waals surface area contributed by atoms with Gasteiger partial charge in [-0.3, -0.25) is 4.79 Å². The molecule has 1 unspecified atom stereocenters. The fraction of sp³-hybridized carbons (Fsp3) is 0.467. The molecular weight excluding hydrogens is 256 g/mol. The lowest BCUT2D eigenvalue weighted by Crippen LogP contribution is -2.30. The molecule has 0 saturated heterocycles. The van der Waals surface area contributed by atoms with Crippen molar-refractivity contribution in [1.29, 1.82) is 0 Å². The van der Waals surface area contributed by atoms with Gasteiger partial charge in [0, 0.05) is 12.2 Å². The maximum absolute atomic E-state index is 12.2. The number of carboxylic acids is 1. The quantitative estimate of drug-likeness (QED) is 0.739. The normalized spacial score (nSPS) is 18.0. The summed E-state index contributed by atoms with van der Waals surface area (Å²) in [6.45, 7) is 4.01. The minimum atomic E-state index is -1.04. The summed E-state index contributed by atoms with van der Waals surface area (Å²) in [5.41, 5.74) is 1.64. The third-order valence-electron chi connectivity index (χ3n) is 3.81. The first kappa shape index (κ1) is 14.4. The summed E-state index contributed by atoms with van der Waals surface area (Å²) in [5, 5.41) is 12.0. The highest BCUT2D eigenvalue weighted by atomic mass is 16.4. The second kappa shape index (κ2) is 5.94. The SMILES string of the molecule is Cc1[nH]c(C(=O)O)c(C)c1C(=O)NCC1CC=CCC1. The average Bonchev–Trinajstić information content (AvgIpc) is 2.73. The third kappa shape index (κ3) is 2.92. The number of aromatic carboxylic acids is 1. The maximum atomic E-state index is 12.2. The van der Waals surface area contributed by atoms with Gasteiger partial charge in [0.2, 0.25) is 0 Å². The highest BCUT2D eigenvalue weighted by Gasteiger charge is 2.22. The van der Waals surface area contributed by atoms with Gasteiger partial charge < -0.3 is 15.4 Å². The predicted octanol–water partition coefficient (Wildman–Crippen LogP) is 2.42. The molecule has 3 N–H and O–H groups in total. The molecule has 1 amide bonds. The van der Waals surface area contributed by atoms with E-state index in [0.717, 1.165) is 19.3 Å². The molecular formula is C15H20N2O3. The van der Waals surface area contributed by atoms with Crippen molar-refractivity contribution in [1.82, 2.24) is 10.3 Å². The van der Waals surface area contributed by atoms with E-state index in [1.807, 2.05) is 0 Å². The van der Waals surface area contributed by atoms with Crippen molar-refractivity contribution in [3.63, 3.8) is 0 Å². The van der Waals surface area contributed by atoms with Crippen molar-refractivity contribution in [2.24, 2.45) is 5.92 Å². The molecule has 0 bridgehead atoms. The number of carbonyl (C=O) groups is 2. The summed E-state index contributed by atoms with van der Waals surface area (Å²) in [7, 11) is 0. The van der Waals surface area contributed by atoms with Crippen LogP contribution in [0.15, 0.2) is 12.2 Å². The summed E-state index contributed by atoms with van der Waals surface area (Å²) < 4.78 is 0. The van der Waals surface area contributed by atoms with Crippen LogP contribution in [0.3, 0.4) is 0 Å². The van der Waals surface area contributed by atoms with Crippen molar-refractivity contribution in [2.75, 3.05) is 6.54 Å². The van der Waals surface area contributed by atoms with Gasteiger partial charge in [-0.1, -0.05) is 12.2 Å². The van der Waals surface area contributed by atoms with Crippen LogP contribution in [0.4, 0.5) is 0 Å². The molecule has 1 aliphatic rings. The zero-order valence-corrected chi connectivity index (χ0v) is 11.8. The van der Waals surface area contributed by atoms with E-state index >= 15 is 0 Å². The number of aryl methyl sites for hydroxylation is 1. The van der Waals surface area contributed by atoms with E-state index in [0.29, 0.717) is 29.3 Å². The molecule has 1 aliphatic carbocycles. The Morgan fingerprint density at radius 1 is 1.40 bits per heavy atom. The monoisotopic (exact) mass is 276 g/mol. The van der Waals surface area contributed by atoms with Gasteiger partial charge in [0.15, 0.2) is 0 Å². The number of nitrogens with one attached hydrogen (secondary N) is 2. The molecule has 1 heterocycles. The molecule has 2 rings (SSSR count). The second-order valence-corrected chi connectivity index (χ2v) is 5.29. The van der Waals surface area contributed by atoms with E-state index in [1.54, 1.807) is 13.8 Å². The molecule has 0 saturated carbocycles. The first-order chi connectivity index (χ1) is 9.50. The van der Waals surface area contributed by atoms with Gasteiger partial charge >= 0.3 is 5.97 Å². The van der Waals surface area contributed by atoms with Crippen LogP contribution in [0.1, 0.15) is 51.4 Å². The maximum Gasteiger partial charge on any atom is 0.352 e. The molecule has 0 radical (unpaired) electrons. The Morgan fingerprint density at radius 3 is 2.70 bits per heavy atom.